The maximum absolute atomic E-state index is 12.8. The first-order valence-electron chi connectivity index (χ1n) is 28.3. The number of nitrogens with one attached hydrogen (secondary N) is 2. The van der Waals surface area contributed by atoms with Gasteiger partial charge in [-0.1, -0.05) is 49.5 Å². The third kappa shape index (κ3) is 26.4. The number of benzene rings is 6. The summed E-state index contributed by atoms with van der Waals surface area (Å²) in [5, 5.41) is 5.86. The number of halogens is 2. The zero-order valence-corrected chi connectivity index (χ0v) is 50.8. The molecule has 0 bridgehead atoms. The highest BCUT2D eigenvalue weighted by Gasteiger charge is 2.16. The Balaban J connectivity index is 0.000000329. The van der Waals surface area contributed by atoms with Crippen LogP contribution in [0.3, 0.4) is 0 Å². The summed E-state index contributed by atoms with van der Waals surface area (Å²) in [6.45, 7) is 16.1. The maximum Gasteiger partial charge on any atom is 0.343 e. The molecule has 90 heavy (non-hydrogen) atoms. The topological polar surface area (TPSA) is 253 Å². The summed E-state index contributed by atoms with van der Waals surface area (Å²) in [6.07, 6.45) is 10.2. The number of hydrogen-bond donors (Lipinski definition) is 2. The highest BCUT2D eigenvalue weighted by atomic mass is 35.5. The molecule has 2 amide bonds. The Labute approximate surface area is 531 Å². The minimum absolute atomic E-state index is 0.179. The molecule has 0 radical (unpaired) electrons. The van der Waals surface area contributed by atoms with Crippen LogP contribution in [0.25, 0.3) is 0 Å². The van der Waals surface area contributed by atoms with Crippen LogP contribution in [0.1, 0.15) is 92.8 Å². The molecular weight excluding hydrogens is 1200 g/mol. The largest absolute Gasteiger partial charge is 0.494 e. The van der Waals surface area contributed by atoms with Gasteiger partial charge in [0.1, 0.15) is 34.5 Å². The normalized spacial score (nSPS) is 10.2. The van der Waals surface area contributed by atoms with Crippen LogP contribution < -0.4 is 39.1 Å². The van der Waals surface area contributed by atoms with Crippen LogP contribution >= 0.6 is 23.2 Å². The number of unbranched alkanes of at least 4 members (excludes halogenated alkanes) is 4. The fourth-order valence-electron chi connectivity index (χ4n) is 7.39. The van der Waals surface area contributed by atoms with E-state index in [4.69, 9.17) is 70.6 Å². The van der Waals surface area contributed by atoms with Gasteiger partial charge < -0.3 is 58.0 Å². The van der Waals surface area contributed by atoms with E-state index in [1.165, 1.54) is 30.3 Å². The molecule has 0 saturated carbocycles. The molecule has 6 aromatic rings. The smallest absolute Gasteiger partial charge is 0.343 e. The van der Waals surface area contributed by atoms with Crippen molar-refractivity contribution in [2.45, 2.75) is 51.4 Å². The second-order valence-corrected chi connectivity index (χ2v) is 19.6. The van der Waals surface area contributed by atoms with Crippen LogP contribution in [-0.4, -0.2) is 100 Å². The van der Waals surface area contributed by atoms with Gasteiger partial charge in [-0.2, -0.15) is 0 Å². The average molecular weight is 1270 g/mol. The molecule has 0 saturated heterocycles. The Bertz CT molecular complexity index is 3390. The number of carbonyl (C=O) groups excluding carboxylic acids is 8. The maximum atomic E-state index is 12.8. The molecule has 2 N–H and O–H groups in total. The lowest BCUT2D eigenvalue weighted by Crippen LogP contribution is -2.13. The predicted molar refractivity (Wildman–Crippen MR) is 338 cm³/mol. The quantitative estimate of drug-likeness (QED) is 0.0122. The fraction of sp³-hybridized carbons (Fsp3) is 0.235. The molecule has 0 spiro atoms. The molecule has 0 aliphatic rings. The molecule has 6 rings (SSSR count). The minimum atomic E-state index is -0.601. The van der Waals surface area contributed by atoms with E-state index in [0.29, 0.717) is 109 Å². The number of rotatable bonds is 36. The van der Waals surface area contributed by atoms with E-state index in [0.717, 1.165) is 62.8 Å². The van der Waals surface area contributed by atoms with Gasteiger partial charge in [0.05, 0.1) is 85.4 Å². The van der Waals surface area contributed by atoms with Crippen LogP contribution in [-0.2, 0) is 38.1 Å². The van der Waals surface area contributed by atoms with E-state index in [1.54, 1.807) is 103 Å². The predicted octanol–water partition coefficient (Wildman–Crippen LogP) is 13.2. The van der Waals surface area contributed by atoms with Gasteiger partial charge in [0.25, 0.3) is 11.8 Å². The van der Waals surface area contributed by atoms with Crippen LogP contribution in [0, 0.1) is 0 Å². The molecule has 0 aliphatic carbocycles. The van der Waals surface area contributed by atoms with Gasteiger partial charge in [-0.15, -0.1) is 0 Å². The highest BCUT2D eigenvalue weighted by Crippen LogP contribution is 2.30. The Hall–Kier alpha value is -10.2. The van der Waals surface area contributed by atoms with Crippen molar-refractivity contribution >= 4 is 82.2 Å². The number of carbonyl (C=O) groups is 8. The molecule has 0 unspecified atom stereocenters. The third-order valence-corrected chi connectivity index (χ3v) is 12.7. The minimum Gasteiger partial charge on any atom is -0.494 e. The van der Waals surface area contributed by atoms with Gasteiger partial charge >= 0.3 is 35.8 Å². The Kier molecular flexibility index (Phi) is 31.0. The lowest BCUT2D eigenvalue weighted by Gasteiger charge is -2.11. The first kappa shape index (κ1) is 70.6. The van der Waals surface area contributed by atoms with Crippen LogP contribution in [0.4, 0.5) is 11.4 Å². The molecule has 20 nitrogen and oxygen atoms in total. The second-order valence-electron chi connectivity index (χ2n) is 18.8. The van der Waals surface area contributed by atoms with Crippen molar-refractivity contribution in [3.63, 3.8) is 0 Å². The van der Waals surface area contributed by atoms with Crippen molar-refractivity contribution in [1.82, 2.24) is 0 Å². The molecule has 22 heteroatoms. The van der Waals surface area contributed by atoms with E-state index >= 15 is 0 Å². The number of anilines is 2. The summed E-state index contributed by atoms with van der Waals surface area (Å²) in [5.74, 6) is -1.01. The summed E-state index contributed by atoms with van der Waals surface area (Å²) in [7, 11) is 0. The number of ether oxygens (including phenoxy) is 10. The SMILES string of the molecule is C=CC(=O)OCCCCCOc1ccc(C(=O)Nc2ccc(OC(=O)c3ccc(OCCCCCOC(=O)C=C)cc3)cc2Cl)cc1.C=CC(=O)OCCCOc1ccc(C(=O)Nc2ccc(OC(=O)c3ccc(OCCCOC(=O)C=C)cc3)cc2Cl)cc1. The highest BCUT2D eigenvalue weighted by molar-refractivity contribution is 6.34. The molecule has 0 aromatic heterocycles. The Morgan fingerprint density at radius 2 is 0.578 bits per heavy atom. The molecule has 0 aliphatic heterocycles. The second kappa shape index (κ2) is 39.6. The summed E-state index contributed by atoms with van der Waals surface area (Å²) in [4.78, 5) is 94.7. The number of hydrogen-bond acceptors (Lipinski definition) is 18. The van der Waals surface area contributed by atoms with Gasteiger partial charge in [-0.25, -0.2) is 28.8 Å². The van der Waals surface area contributed by atoms with E-state index in [9.17, 15) is 38.4 Å². The van der Waals surface area contributed by atoms with Gasteiger partial charge in [0.2, 0.25) is 0 Å². The molecule has 0 atom stereocenters. The van der Waals surface area contributed by atoms with E-state index in [-0.39, 0.29) is 40.7 Å². The molecule has 0 heterocycles. The molecule has 0 fully saturated rings. The van der Waals surface area contributed by atoms with E-state index in [2.05, 4.69) is 36.9 Å². The van der Waals surface area contributed by atoms with Gasteiger partial charge in [-0.3, -0.25) is 9.59 Å². The van der Waals surface area contributed by atoms with E-state index in [1.807, 2.05) is 0 Å². The van der Waals surface area contributed by atoms with Crippen molar-refractivity contribution in [3.05, 3.63) is 216 Å². The summed E-state index contributed by atoms with van der Waals surface area (Å²) >= 11 is 12.7. The van der Waals surface area contributed by atoms with Crippen LogP contribution in [0.2, 0.25) is 10.0 Å². The van der Waals surface area contributed by atoms with Crippen molar-refractivity contribution < 1.29 is 85.7 Å². The molecule has 472 valence electrons. The third-order valence-electron chi connectivity index (χ3n) is 12.1. The Morgan fingerprint density at radius 1 is 0.322 bits per heavy atom. The van der Waals surface area contributed by atoms with Crippen molar-refractivity contribution in [1.29, 1.82) is 0 Å². The van der Waals surface area contributed by atoms with Gasteiger partial charge in [0, 0.05) is 60.4 Å². The van der Waals surface area contributed by atoms with E-state index < -0.39 is 41.7 Å². The summed E-state index contributed by atoms with van der Waals surface area (Å²) in [5.41, 5.74) is 2.10. The monoisotopic (exact) mass is 1270 g/mol. The fourth-order valence-corrected chi connectivity index (χ4v) is 7.82. The summed E-state index contributed by atoms with van der Waals surface area (Å²) in [6, 6.07) is 35.2. The zero-order valence-electron chi connectivity index (χ0n) is 49.3. The molecule has 6 aromatic carbocycles. The lowest BCUT2D eigenvalue weighted by atomic mass is 10.2. The molecular formula is C68H68Cl2N2O18. The summed E-state index contributed by atoms with van der Waals surface area (Å²) < 4.78 is 53.0. The zero-order chi connectivity index (χ0) is 64.9. The number of amides is 2. The standard InChI is InChI=1S/C36H38ClNO9.C32H30ClNO9/c1-3-33(39)45-23-9-5-7-21-43-28-15-11-26(12-16-28)35(41)38-32-20-19-30(25-31(32)37)47-36(42)27-13-17-29(18-14-27)44-22-8-6-10-24-46-34(40)4-2;1-3-29(35)41-19-5-17-39-24-11-7-22(8-12-24)31(37)34-28-16-15-26(21-27(28)33)43-32(38)23-9-13-25(14-10-23)40-18-6-20-42-30(36)4-2/h3-4,11-20,25H,1-2,5-10,21-24H2,(H,38,41);3-4,7-16,21H,1-2,5-6,17-20H2,(H,34,37). The first-order valence-corrected chi connectivity index (χ1v) is 29.1. The van der Waals surface area contributed by atoms with Gasteiger partial charge in [-0.05, 0) is 160 Å². The van der Waals surface area contributed by atoms with Gasteiger partial charge in [0.15, 0.2) is 0 Å². The van der Waals surface area contributed by atoms with Crippen molar-refractivity contribution in [3.8, 4) is 34.5 Å². The van der Waals surface area contributed by atoms with Crippen LogP contribution in [0.5, 0.6) is 34.5 Å². The van der Waals surface area contributed by atoms with Crippen LogP contribution in [0.15, 0.2) is 184 Å². The number of esters is 6. The van der Waals surface area contributed by atoms with Crippen molar-refractivity contribution in [2.75, 3.05) is 63.5 Å². The average Bonchev–Trinajstić information content (AvgIpc) is 2.39. The first-order chi connectivity index (χ1) is 43.6. The van der Waals surface area contributed by atoms with Crippen molar-refractivity contribution in [2.24, 2.45) is 0 Å². The Morgan fingerprint density at radius 3 is 0.867 bits per heavy atom. The lowest BCUT2D eigenvalue weighted by molar-refractivity contribution is -0.138.